The summed E-state index contributed by atoms with van der Waals surface area (Å²) in [5, 5.41) is 11.6. The molecule has 0 aliphatic carbocycles. The first-order valence-corrected chi connectivity index (χ1v) is 7.02. The van der Waals surface area contributed by atoms with Gasteiger partial charge in [0.05, 0.1) is 18.1 Å². The van der Waals surface area contributed by atoms with E-state index < -0.39 is 0 Å². The summed E-state index contributed by atoms with van der Waals surface area (Å²) in [6.07, 6.45) is 8.39. The molecule has 0 atom stereocenters. The van der Waals surface area contributed by atoms with Crippen molar-refractivity contribution < 1.29 is 58.2 Å². The summed E-state index contributed by atoms with van der Waals surface area (Å²) in [5.41, 5.74) is 1.42. The third kappa shape index (κ3) is 3.74. The van der Waals surface area contributed by atoms with Crippen LogP contribution in [0.25, 0.3) is 11.0 Å². The normalized spacial score (nSPS) is 14.5. The first-order valence-electron chi connectivity index (χ1n) is 7.02. The second kappa shape index (κ2) is 7.71. The minimum atomic E-state index is 0. The molecule has 3 aromatic rings. The summed E-state index contributed by atoms with van der Waals surface area (Å²) in [4.78, 5) is 19.4. The number of fused-ring (bicyclic) bond motifs is 1. The Balaban J connectivity index is 0.00000156. The van der Waals surface area contributed by atoms with Gasteiger partial charge in [-0.15, -0.1) is 13.1 Å². The van der Waals surface area contributed by atoms with Crippen LogP contribution in [0.1, 0.15) is 0 Å². The number of aromatic nitrogens is 6. The summed E-state index contributed by atoms with van der Waals surface area (Å²) in [7, 11) is 0. The van der Waals surface area contributed by atoms with E-state index in [2.05, 4.69) is 40.6 Å². The molecule has 9 nitrogen and oxygen atoms in total. The minimum absolute atomic E-state index is 0. The third-order valence-electron chi connectivity index (χ3n) is 3.44. The molecular formula is C13H14N9Rb. The molecule has 1 aliphatic rings. The maximum atomic E-state index is 4.41. The van der Waals surface area contributed by atoms with Crippen molar-refractivity contribution in [2.75, 3.05) is 36.4 Å². The molecule has 1 N–H and O–H groups in total. The Labute approximate surface area is 181 Å². The van der Waals surface area contributed by atoms with Crippen LogP contribution in [0.5, 0.6) is 0 Å². The van der Waals surface area contributed by atoms with E-state index in [0.717, 1.165) is 37.8 Å². The van der Waals surface area contributed by atoms with Gasteiger partial charge >= 0.3 is 58.2 Å². The molecule has 23 heavy (non-hydrogen) atoms. The molecule has 1 aliphatic heterocycles. The van der Waals surface area contributed by atoms with Crippen molar-refractivity contribution in [3.63, 3.8) is 0 Å². The van der Waals surface area contributed by atoms with E-state index in [-0.39, 0.29) is 58.2 Å². The number of nitrogens with one attached hydrogen (secondary N) is 1. The van der Waals surface area contributed by atoms with Crippen LogP contribution >= 0.6 is 0 Å². The van der Waals surface area contributed by atoms with Gasteiger partial charge in [-0.05, 0) is 0 Å². The molecule has 1 fully saturated rings. The third-order valence-corrected chi connectivity index (χ3v) is 3.44. The predicted molar refractivity (Wildman–Crippen MR) is 81.4 cm³/mol. The van der Waals surface area contributed by atoms with Crippen LogP contribution in [0.3, 0.4) is 0 Å². The number of piperazine rings is 1. The van der Waals surface area contributed by atoms with Crippen LogP contribution in [0.15, 0.2) is 31.1 Å². The molecule has 4 rings (SSSR count). The van der Waals surface area contributed by atoms with Gasteiger partial charge in [-0.2, -0.15) is 5.10 Å². The molecule has 1 saturated heterocycles. The van der Waals surface area contributed by atoms with Crippen molar-refractivity contribution >= 4 is 23.1 Å². The second-order valence-electron chi connectivity index (χ2n) is 4.86. The van der Waals surface area contributed by atoms with Crippen molar-refractivity contribution in [3.05, 3.63) is 36.4 Å². The Kier molecular flexibility index (Phi) is 5.64. The number of nitrogens with zero attached hydrogens (tertiary/aromatic N) is 8. The Morgan fingerprint density at radius 3 is 2.61 bits per heavy atom. The predicted octanol–water partition coefficient (Wildman–Crippen LogP) is -2.14. The van der Waals surface area contributed by atoms with Crippen LogP contribution in [0.2, 0.25) is 0 Å². The SMILES string of the molecule is [Rb+].c1cn2ncnc2c(Nc2cnc(N3CC[N-]CC3)nc2)n1. The molecule has 10 heteroatoms. The van der Waals surface area contributed by atoms with E-state index in [4.69, 9.17) is 0 Å². The van der Waals surface area contributed by atoms with Crippen LogP contribution in [-0.2, 0) is 0 Å². The maximum Gasteiger partial charge on any atom is 1.00 e. The van der Waals surface area contributed by atoms with E-state index in [1.807, 2.05) is 0 Å². The van der Waals surface area contributed by atoms with E-state index >= 15 is 0 Å². The molecule has 0 bridgehead atoms. The van der Waals surface area contributed by atoms with Crippen LogP contribution in [-0.4, -0.2) is 55.7 Å². The Hall–Kier alpha value is -1.00. The summed E-state index contributed by atoms with van der Waals surface area (Å²) >= 11 is 0. The van der Waals surface area contributed by atoms with Crippen molar-refractivity contribution in [2.45, 2.75) is 0 Å². The average Bonchev–Trinajstić information content (AvgIpc) is 3.06. The smallest absolute Gasteiger partial charge is 0.659 e. The van der Waals surface area contributed by atoms with Gasteiger partial charge in [0.2, 0.25) is 5.95 Å². The van der Waals surface area contributed by atoms with Crippen LogP contribution < -0.4 is 68.4 Å². The monoisotopic (exact) mass is 381 g/mol. The van der Waals surface area contributed by atoms with Crippen molar-refractivity contribution in [1.29, 1.82) is 0 Å². The van der Waals surface area contributed by atoms with E-state index in [1.165, 1.54) is 6.33 Å². The zero-order valence-corrected chi connectivity index (χ0v) is 17.7. The zero-order valence-electron chi connectivity index (χ0n) is 12.8. The fourth-order valence-corrected chi connectivity index (χ4v) is 2.34. The first kappa shape index (κ1) is 16.8. The fraction of sp³-hybridized carbons (Fsp3) is 0.308. The van der Waals surface area contributed by atoms with Gasteiger partial charge in [0.25, 0.3) is 0 Å². The molecule has 112 valence electrons. The topological polar surface area (TPSA) is 98.2 Å². The summed E-state index contributed by atoms with van der Waals surface area (Å²) < 4.78 is 1.65. The van der Waals surface area contributed by atoms with Crippen molar-refractivity contribution in [2.24, 2.45) is 0 Å². The molecule has 0 aromatic carbocycles. The maximum absolute atomic E-state index is 4.41. The van der Waals surface area contributed by atoms with Gasteiger partial charge < -0.3 is 15.5 Å². The molecule has 0 unspecified atom stereocenters. The number of anilines is 3. The van der Waals surface area contributed by atoms with Gasteiger partial charge in [0, 0.05) is 25.5 Å². The molecular weight excluding hydrogens is 368 g/mol. The minimum Gasteiger partial charge on any atom is -0.659 e. The van der Waals surface area contributed by atoms with E-state index in [1.54, 1.807) is 29.3 Å². The fourth-order valence-electron chi connectivity index (χ4n) is 2.34. The van der Waals surface area contributed by atoms with Gasteiger partial charge in [-0.25, -0.2) is 24.5 Å². The van der Waals surface area contributed by atoms with Crippen LogP contribution in [0, 0.1) is 0 Å². The average molecular weight is 382 g/mol. The second-order valence-corrected chi connectivity index (χ2v) is 4.86. The standard InChI is InChI=1S/C13H14N9.Rb/c1-4-21(5-2-14-1)13-16-7-10(8-17-13)20-11-12-18-9-19-22(12)6-3-15-11;/h3,6-9H,1-2,4-5H2,(H,15,20);/q-1;+1. The Morgan fingerprint density at radius 2 is 1.83 bits per heavy atom. The Bertz CT molecular complexity index is 766. The van der Waals surface area contributed by atoms with Crippen LogP contribution in [0.4, 0.5) is 17.5 Å². The van der Waals surface area contributed by atoms with Gasteiger partial charge in [0.1, 0.15) is 6.33 Å². The molecule has 0 radical (unpaired) electrons. The quantitative estimate of drug-likeness (QED) is 0.552. The molecule has 4 heterocycles. The number of hydrogen-bond donors (Lipinski definition) is 1. The Morgan fingerprint density at radius 1 is 1.04 bits per heavy atom. The molecule has 0 saturated carbocycles. The first-order chi connectivity index (χ1) is 10.9. The van der Waals surface area contributed by atoms with Crippen molar-refractivity contribution in [3.8, 4) is 0 Å². The zero-order chi connectivity index (χ0) is 14.8. The molecule has 0 spiro atoms. The largest absolute Gasteiger partial charge is 1.00 e. The molecule has 0 amide bonds. The number of hydrogen-bond acceptors (Lipinski definition) is 7. The summed E-state index contributed by atoms with van der Waals surface area (Å²) in [6, 6.07) is 0. The van der Waals surface area contributed by atoms with Gasteiger partial charge in [-0.3, -0.25) is 0 Å². The number of rotatable bonds is 3. The van der Waals surface area contributed by atoms with Gasteiger partial charge in [-0.1, -0.05) is 0 Å². The summed E-state index contributed by atoms with van der Waals surface area (Å²) in [6.45, 7) is 3.41. The van der Waals surface area contributed by atoms with E-state index in [0.29, 0.717) is 11.5 Å². The van der Waals surface area contributed by atoms with E-state index in [9.17, 15) is 0 Å². The van der Waals surface area contributed by atoms with Crippen molar-refractivity contribution in [1.82, 2.24) is 29.5 Å². The summed E-state index contributed by atoms with van der Waals surface area (Å²) in [5.74, 6) is 1.35. The van der Waals surface area contributed by atoms with Gasteiger partial charge in [0.15, 0.2) is 11.5 Å². The molecule has 3 aromatic heterocycles.